The van der Waals surface area contributed by atoms with E-state index in [1.165, 1.54) is 11.0 Å². The summed E-state index contributed by atoms with van der Waals surface area (Å²) in [6, 6.07) is 5.14. The SMILES string of the molecule is CCN1CCN(c2ccc(CNC(=NC)NC3CCN(CC(F)(F)F)C3)cc2F)CC1.I. The highest BCUT2D eigenvalue weighted by atomic mass is 127. The zero-order valence-corrected chi connectivity index (χ0v) is 20.9. The number of nitrogens with zero attached hydrogens (tertiary/aromatic N) is 4. The number of aliphatic imine (C=N–C) groups is 1. The first kappa shape index (κ1) is 26.9. The lowest BCUT2D eigenvalue weighted by atomic mass is 10.1. The van der Waals surface area contributed by atoms with Gasteiger partial charge >= 0.3 is 6.18 Å². The molecule has 182 valence electrons. The lowest BCUT2D eigenvalue weighted by molar-refractivity contribution is -0.143. The van der Waals surface area contributed by atoms with E-state index in [9.17, 15) is 17.6 Å². The van der Waals surface area contributed by atoms with E-state index >= 15 is 0 Å². The molecule has 2 aliphatic heterocycles. The first-order valence-electron chi connectivity index (χ1n) is 10.8. The van der Waals surface area contributed by atoms with Crippen LogP contribution in [0.15, 0.2) is 23.2 Å². The second-order valence-corrected chi connectivity index (χ2v) is 8.11. The normalized spacial score (nSPS) is 20.9. The number of hydrogen-bond donors (Lipinski definition) is 2. The van der Waals surface area contributed by atoms with E-state index < -0.39 is 12.7 Å². The molecule has 2 heterocycles. The number of benzene rings is 1. The number of anilines is 1. The summed E-state index contributed by atoms with van der Waals surface area (Å²) in [5.41, 5.74) is 1.40. The van der Waals surface area contributed by atoms with Crippen LogP contribution in [0, 0.1) is 5.82 Å². The molecule has 1 unspecified atom stereocenters. The Morgan fingerprint density at radius 1 is 1.12 bits per heavy atom. The Hall–Kier alpha value is -1.34. The van der Waals surface area contributed by atoms with Crippen LogP contribution in [0.5, 0.6) is 0 Å². The van der Waals surface area contributed by atoms with E-state index in [0.717, 1.165) is 38.3 Å². The minimum Gasteiger partial charge on any atom is -0.367 e. The smallest absolute Gasteiger partial charge is 0.367 e. The van der Waals surface area contributed by atoms with Gasteiger partial charge in [0.1, 0.15) is 5.82 Å². The molecule has 3 rings (SSSR count). The first-order chi connectivity index (χ1) is 14.8. The zero-order valence-electron chi connectivity index (χ0n) is 18.6. The highest BCUT2D eigenvalue weighted by Crippen LogP contribution is 2.22. The fraction of sp³-hybridized carbons (Fsp3) is 0.667. The van der Waals surface area contributed by atoms with E-state index in [4.69, 9.17) is 0 Å². The van der Waals surface area contributed by atoms with Gasteiger partial charge in [0, 0.05) is 58.9 Å². The molecule has 0 bridgehead atoms. The van der Waals surface area contributed by atoms with Gasteiger partial charge in [-0.05, 0) is 30.7 Å². The van der Waals surface area contributed by atoms with Crippen molar-refractivity contribution in [3.63, 3.8) is 0 Å². The predicted molar refractivity (Wildman–Crippen MR) is 130 cm³/mol. The average molecular weight is 572 g/mol. The molecule has 2 saturated heterocycles. The topological polar surface area (TPSA) is 46.1 Å². The molecule has 2 N–H and O–H groups in total. The van der Waals surface area contributed by atoms with Crippen molar-refractivity contribution in [2.75, 3.05) is 64.3 Å². The quantitative estimate of drug-likeness (QED) is 0.238. The van der Waals surface area contributed by atoms with Gasteiger partial charge in [-0.3, -0.25) is 9.89 Å². The van der Waals surface area contributed by atoms with Crippen molar-refractivity contribution in [2.45, 2.75) is 32.1 Å². The molecule has 1 aromatic carbocycles. The maximum atomic E-state index is 14.7. The largest absolute Gasteiger partial charge is 0.401 e. The fourth-order valence-electron chi connectivity index (χ4n) is 4.14. The van der Waals surface area contributed by atoms with Gasteiger partial charge in [0.2, 0.25) is 0 Å². The molecule has 0 aliphatic carbocycles. The van der Waals surface area contributed by atoms with Gasteiger partial charge in [0.25, 0.3) is 0 Å². The van der Waals surface area contributed by atoms with Gasteiger partial charge in [-0.15, -0.1) is 24.0 Å². The van der Waals surface area contributed by atoms with Gasteiger partial charge in [-0.25, -0.2) is 4.39 Å². The highest BCUT2D eigenvalue weighted by Gasteiger charge is 2.34. The van der Waals surface area contributed by atoms with Crippen LogP contribution in [0.2, 0.25) is 0 Å². The van der Waals surface area contributed by atoms with Crippen LogP contribution in [0.4, 0.5) is 23.2 Å². The molecule has 2 aliphatic rings. The van der Waals surface area contributed by atoms with Crippen molar-refractivity contribution in [2.24, 2.45) is 4.99 Å². The number of guanidine groups is 1. The summed E-state index contributed by atoms with van der Waals surface area (Å²) in [5.74, 6) is 0.254. The van der Waals surface area contributed by atoms with Crippen LogP contribution in [-0.2, 0) is 6.54 Å². The molecular weight excluding hydrogens is 539 g/mol. The summed E-state index contributed by atoms with van der Waals surface area (Å²) >= 11 is 0. The second kappa shape index (κ2) is 12.2. The number of likely N-dealkylation sites (tertiary alicyclic amines) is 1. The molecule has 0 saturated carbocycles. The molecule has 0 amide bonds. The number of halogens is 5. The molecule has 6 nitrogen and oxygen atoms in total. The van der Waals surface area contributed by atoms with E-state index in [-0.39, 0.29) is 35.8 Å². The van der Waals surface area contributed by atoms with Gasteiger partial charge in [-0.1, -0.05) is 13.0 Å². The van der Waals surface area contributed by atoms with Crippen molar-refractivity contribution >= 4 is 35.6 Å². The van der Waals surface area contributed by atoms with Gasteiger partial charge in [0.15, 0.2) is 5.96 Å². The fourth-order valence-corrected chi connectivity index (χ4v) is 4.14. The highest BCUT2D eigenvalue weighted by molar-refractivity contribution is 14.0. The van der Waals surface area contributed by atoms with Crippen molar-refractivity contribution in [3.8, 4) is 0 Å². The number of likely N-dealkylation sites (N-methyl/N-ethyl adjacent to an activating group) is 1. The van der Waals surface area contributed by atoms with E-state index in [0.29, 0.717) is 37.7 Å². The maximum Gasteiger partial charge on any atom is 0.401 e. The third-order valence-electron chi connectivity index (χ3n) is 5.87. The Labute approximate surface area is 204 Å². The monoisotopic (exact) mass is 572 g/mol. The van der Waals surface area contributed by atoms with E-state index in [1.807, 2.05) is 12.1 Å². The molecule has 0 radical (unpaired) electrons. The Morgan fingerprint density at radius 2 is 1.84 bits per heavy atom. The lowest BCUT2D eigenvalue weighted by Gasteiger charge is -2.35. The van der Waals surface area contributed by atoms with E-state index in [2.05, 4.69) is 32.3 Å². The number of hydrogen-bond acceptors (Lipinski definition) is 4. The lowest BCUT2D eigenvalue weighted by Crippen LogP contribution is -2.46. The molecular formula is C21H33F4IN6. The van der Waals surface area contributed by atoms with Crippen LogP contribution < -0.4 is 15.5 Å². The molecule has 11 heteroatoms. The molecule has 0 aromatic heterocycles. The number of rotatable bonds is 6. The van der Waals surface area contributed by atoms with Crippen LogP contribution in [-0.4, -0.2) is 87.4 Å². The van der Waals surface area contributed by atoms with Gasteiger partial charge in [0.05, 0.1) is 12.2 Å². The Balaban J connectivity index is 0.00000363. The van der Waals surface area contributed by atoms with Crippen molar-refractivity contribution in [1.29, 1.82) is 0 Å². The summed E-state index contributed by atoms with van der Waals surface area (Å²) in [4.78, 5) is 9.95. The molecule has 0 spiro atoms. The van der Waals surface area contributed by atoms with Crippen LogP contribution in [0.1, 0.15) is 18.9 Å². The Kier molecular flexibility index (Phi) is 10.3. The predicted octanol–water partition coefficient (Wildman–Crippen LogP) is 2.89. The van der Waals surface area contributed by atoms with E-state index in [1.54, 1.807) is 7.05 Å². The standard InChI is InChI=1S/C21H32F4N6.HI/c1-3-29-8-10-31(11-9-29)19-5-4-16(12-18(19)22)13-27-20(26-2)28-17-6-7-30(14-17)15-21(23,24)25;/h4-5,12,17H,3,6-11,13-15H2,1-2H3,(H2,26,27,28);1H. The zero-order chi connectivity index (χ0) is 22.4. The summed E-state index contributed by atoms with van der Waals surface area (Å²) in [6.07, 6.45) is -3.57. The maximum absolute atomic E-state index is 14.7. The Morgan fingerprint density at radius 3 is 2.44 bits per heavy atom. The third-order valence-corrected chi connectivity index (χ3v) is 5.87. The van der Waals surface area contributed by atoms with Gasteiger partial charge in [-0.2, -0.15) is 13.2 Å². The van der Waals surface area contributed by atoms with Gasteiger partial charge < -0.3 is 20.4 Å². The second-order valence-electron chi connectivity index (χ2n) is 8.11. The Bertz CT molecular complexity index is 752. The summed E-state index contributed by atoms with van der Waals surface area (Å²) in [7, 11) is 1.61. The van der Waals surface area contributed by atoms with Crippen LogP contribution in [0.3, 0.4) is 0 Å². The first-order valence-corrected chi connectivity index (χ1v) is 10.8. The van der Waals surface area contributed by atoms with Crippen LogP contribution in [0.25, 0.3) is 0 Å². The molecule has 32 heavy (non-hydrogen) atoms. The minimum absolute atomic E-state index is 0. The summed E-state index contributed by atoms with van der Waals surface area (Å²) < 4.78 is 52.4. The van der Waals surface area contributed by atoms with Crippen molar-refractivity contribution in [1.82, 2.24) is 20.4 Å². The minimum atomic E-state index is -4.19. The molecule has 1 aromatic rings. The van der Waals surface area contributed by atoms with Crippen molar-refractivity contribution < 1.29 is 17.6 Å². The average Bonchev–Trinajstić information content (AvgIpc) is 3.16. The van der Waals surface area contributed by atoms with Crippen LogP contribution >= 0.6 is 24.0 Å². The third kappa shape index (κ3) is 7.91. The molecule has 2 fully saturated rings. The number of alkyl halides is 3. The molecule has 1 atom stereocenters. The number of nitrogens with one attached hydrogen (secondary N) is 2. The summed E-state index contributed by atoms with van der Waals surface area (Å²) in [6.45, 7) is 6.82. The summed E-state index contributed by atoms with van der Waals surface area (Å²) in [5, 5.41) is 6.29. The number of piperazine rings is 1. The van der Waals surface area contributed by atoms with Crippen molar-refractivity contribution in [3.05, 3.63) is 29.6 Å².